The van der Waals surface area contributed by atoms with Gasteiger partial charge in [-0.05, 0) is 44.0 Å². The molecule has 3 rings (SSSR count). The van der Waals surface area contributed by atoms with Crippen LogP contribution in [0.3, 0.4) is 0 Å². The summed E-state index contributed by atoms with van der Waals surface area (Å²) < 4.78 is 5.68. The Morgan fingerprint density at radius 3 is 3.14 bits per heavy atom. The lowest BCUT2D eigenvalue weighted by atomic mass is 10.0. The summed E-state index contributed by atoms with van der Waals surface area (Å²) in [4.78, 5) is 19.1. The van der Waals surface area contributed by atoms with E-state index in [2.05, 4.69) is 4.98 Å². The van der Waals surface area contributed by atoms with E-state index in [0.717, 1.165) is 24.8 Å². The van der Waals surface area contributed by atoms with Crippen LogP contribution in [0.25, 0.3) is 10.9 Å². The lowest BCUT2D eigenvalue weighted by Gasteiger charge is -2.32. The maximum atomic E-state index is 12.9. The van der Waals surface area contributed by atoms with E-state index >= 15 is 0 Å². The number of hydrogen-bond acceptors (Lipinski definition) is 3. The van der Waals surface area contributed by atoms with Gasteiger partial charge in [0.05, 0.1) is 22.2 Å². The molecule has 116 valence electrons. The van der Waals surface area contributed by atoms with Crippen molar-refractivity contribution in [2.24, 2.45) is 0 Å². The van der Waals surface area contributed by atoms with Crippen LogP contribution in [0, 0.1) is 0 Å². The Balaban J connectivity index is 1.91. The fourth-order valence-corrected chi connectivity index (χ4v) is 3.19. The van der Waals surface area contributed by atoms with E-state index in [1.165, 1.54) is 0 Å². The van der Waals surface area contributed by atoms with Crippen molar-refractivity contribution in [1.29, 1.82) is 0 Å². The molecule has 1 aromatic heterocycles. The second-order valence-electron chi connectivity index (χ2n) is 5.47. The van der Waals surface area contributed by atoms with Gasteiger partial charge in [0.1, 0.15) is 0 Å². The van der Waals surface area contributed by atoms with Crippen LogP contribution in [0.1, 0.15) is 30.1 Å². The number of halogens is 1. The lowest BCUT2D eigenvalue weighted by molar-refractivity contribution is 0.00731. The number of carbonyl (C=O) groups is 1. The number of ether oxygens (including phenoxy) is 1. The summed E-state index contributed by atoms with van der Waals surface area (Å²) >= 11 is 6.20. The predicted octanol–water partition coefficient (Wildman–Crippen LogP) is 3.53. The monoisotopic (exact) mass is 318 g/mol. The number of rotatable bonds is 3. The SMILES string of the molecule is CCOC1CCCN(C(=O)c2ccc(Cl)c3cccnc23)C1. The Bertz CT molecular complexity index is 687. The molecule has 0 N–H and O–H groups in total. The third-order valence-electron chi connectivity index (χ3n) is 4.01. The summed E-state index contributed by atoms with van der Waals surface area (Å²) in [5.41, 5.74) is 1.27. The first-order chi connectivity index (χ1) is 10.7. The van der Waals surface area contributed by atoms with Crippen LogP contribution in [0.2, 0.25) is 5.02 Å². The third kappa shape index (κ3) is 2.94. The Hall–Kier alpha value is -1.65. The van der Waals surface area contributed by atoms with Crippen LogP contribution in [0.15, 0.2) is 30.5 Å². The minimum absolute atomic E-state index is 0.00442. The van der Waals surface area contributed by atoms with Crippen molar-refractivity contribution in [2.75, 3.05) is 19.7 Å². The topological polar surface area (TPSA) is 42.4 Å². The highest BCUT2D eigenvalue weighted by Gasteiger charge is 2.26. The molecule has 0 bridgehead atoms. The molecule has 1 fully saturated rings. The van der Waals surface area contributed by atoms with E-state index in [-0.39, 0.29) is 12.0 Å². The zero-order chi connectivity index (χ0) is 15.5. The van der Waals surface area contributed by atoms with Crippen molar-refractivity contribution in [3.05, 3.63) is 41.0 Å². The van der Waals surface area contributed by atoms with Crippen molar-refractivity contribution in [3.8, 4) is 0 Å². The highest BCUT2D eigenvalue weighted by molar-refractivity contribution is 6.36. The second kappa shape index (κ2) is 6.63. The maximum Gasteiger partial charge on any atom is 0.256 e. The van der Waals surface area contributed by atoms with Crippen LogP contribution in [0.4, 0.5) is 0 Å². The lowest BCUT2D eigenvalue weighted by Crippen LogP contribution is -2.43. The molecule has 1 atom stereocenters. The molecule has 1 unspecified atom stereocenters. The molecule has 0 spiro atoms. The number of amides is 1. The normalized spacial score (nSPS) is 18.6. The number of aromatic nitrogens is 1. The van der Waals surface area contributed by atoms with E-state index in [1.54, 1.807) is 18.3 Å². The van der Waals surface area contributed by atoms with E-state index in [1.807, 2.05) is 24.0 Å². The molecule has 1 aromatic carbocycles. The quantitative estimate of drug-likeness (QED) is 0.869. The predicted molar refractivity (Wildman–Crippen MR) is 87.3 cm³/mol. The summed E-state index contributed by atoms with van der Waals surface area (Å²) in [7, 11) is 0. The van der Waals surface area contributed by atoms with Gasteiger partial charge in [-0.3, -0.25) is 9.78 Å². The van der Waals surface area contributed by atoms with Gasteiger partial charge in [-0.1, -0.05) is 11.6 Å². The summed E-state index contributed by atoms with van der Waals surface area (Å²) in [6.07, 6.45) is 3.80. The van der Waals surface area contributed by atoms with E-state index in [0.29, 0.717) is 29.3 Å². The molecule has 5 heteroatoms. The third-order valence-corrected chi connectivity index (χ3v) is 4.34. The van der Waals surface area contributed by atoms with Crippen LogP contribution < -0.4 is 0 Å². The highest BCUT2D eigenvalue weighted by Crippen LogP contribution is 2.26. The minimum Gasteiger partial charge on any atom is -0.377 e. The van der Waals surface area contributed by atoms with Gasteiger partial charge in [0, 0.05) is 31.3 Å². The van der Waals surface area contributed by atoms with Gasteiger partial charge in [0.2, 0.25) is 0 Å². The molecule has 0 saturated carbocycles. The smallest absolute Gasteiger partial charge is 0.256 e. The molecule has 1 saturated heterocycles. The molecule has 22 heavy (non-hydrogen) atoms. The van der Waals surface area contributed by atoms with Gasteiger partial charge in [0.15, 0.2) is 0 Å². The van der Waals surface area contributed by atoms with Gasteiger partial charge in [-0.25, -0.2) is 0 Å². The van der Waals surface area contributed by atoms with Crippen molar-refractivity contribution in [2.45, 2.75) is 25.9 Å². The number of piperidine rings is 1. The molecule has 1 aliphatic rings. The van der Waals surface area contributed by atoms with Crippen molar-refractivity contribution < 1.29 is 9.53 Å². The summed E-state index contributed by atoms with van der Waals surface area (Å²) in [5.74, 6) is 0.00442. The van der Waals surface area contributed by atoms with E-state index in [9.17, 15) is 4.79 Å². The van der Waals surface area contributed by atoms with Gasteiger partial charge < -0.3 is 9.64 Å². The number of pyridine rings is 1. The Labute approximate surface area is 135 Å². The standard InChI is InChI=1S/C17H19ClN2O2/c1-2-22-12-5-4-10-20(11-12)17(21)14-7-8-15(18)13-6-3-9-19-16(13)14/h3,6-9,12H,2,4-5,10-11H2,1H3. The molecule has 1 aliphatic heterocycles. The van der Waals surface area contributed by atoms with Gasteiger partial charge in [-0.2, -0.15) is 0 Å². The molecule has 2 heterocycles. The molecule has 0 radical (unpaired) electrons. The summed E-state index contributed by atoms with van der Waals surface area (Å²) in [6.45, 7) is 4.07. The molecule has 2 aromatic rings. The summed E-state index contributed by atoms with van der Waals surface area (Å²) in [5, 5.41) is 1.43. The van der Waals surface area contributed by atoms with Crippen molar-refractivity contribution in [1.82, 2.24) is 9.88 Å². The largest absolute Gasteiger partial charge is 0.377 e. The molecular formula is C17H19ClN2O2. The number of nitrogens with zero attached hydrogens (tertiary/aromatic N) is 2. The fraction of sp³-hybridized carbons (Fsp3) is 0.412. The second-order valence-corrected chi connectivity index (χ2v) is 5.87. The van der Waals surface area contributed by atoms with Gasteiger partial charge >= 0.3 is 0 Å². The average molecular weight is 319 g/mol. The number of fused-ring (bicyclic) bond motifs is 1. The minimum atomic E-state index is 0.00442. The fourth-order valence-electron chi connectivity index (χ4n) is 2.98. The van der Waals surface area contributed by atoms with Gasteiger partial charge in [0.25, 0.3) is 5.91 Å². The highest BCUT2D eigenvalue weighted by atomic mass is 35.5. The Morgan fingerprint density at radius 2 is 2.32 bits per heavy atom. The van der Waals surface area contributed by atoms with E-state index in [4.69, 9.17) is 16.3 Å². The molecule has 4 nitrogen and oxygen atoms in total. The van der Waals surface area contributed by atoms with Crippen molar-refractivity contribution >= 4 is 28.4 Å². The zero-order valence-corrected chi connectivity index (χ0v) is 13.3. The van der Waals surface area contributed by atoms with Crippen LogP contribution in [-0.2, 0) is 4.74 Å². The first-order valence-electron chi connectivity index (χ1n) is 7.64. The Kier molecular flexibility index (Phi) is 4.60. The van der Waals surface area contributed by atoms with Crippen molar-refractivity contribution in [3.63, 3.8) is 0 Å². The van der Waals surface area contributed by atoms with Crippen LogP contribution >= 0.6 is 11.6 Å². The first-order valence-corrected chi connectivity index (χ1v) is 8.02. The van der Waals surface area contributed by atoms with Crippen LogP contribution in [-0.4, -0.2) is 41.6 Å². The summed E-state index contributed by atoms with van der Waals surface area (Å²) in [6, 6.07) is 7.25. The zero-order valence-electron chi connectivity index (χ0n) is 12.6. The molecular weight excluding hydrogens is 300 g/mol. The maximum absolute atomic E-state index is 12.9. The molecule has 0 aliphatic carbocycles. The number of carbonyl (C=O) groups excluding carboxylic acids is 1. The molecule has 1 amide bonds. The van der Waals surface area contributed by atoms with Crippen LogP contribution in [0.5, 0.6) is 0 Å². The first kappa shape index (κ1) is 15.3. The Morgan fingerprint density at radius 1 is 1.45 bits per heavy atom. The van der Waals surface area contributed by atoms with E-state index < -0.39 is 0 Å². The number of benzene rings is 1. The average Bonchev–Trinajstić information content (AvgIpc) is 2.55. The number of hydrogen-bond donors (Lipinski definition) is 0. The van der Waals surface area contributed by atoms with Gasteiger partial charge in [-0.15, -0.1) is 0 Å². The number of likely N-dealkylation sites (tertiary alicyclic amines) is 1.